The third-order valence-electron chi connectivity index (χ3n) is 2.97. The van der Waals surface area contributed by atoms with Crippen LogP contribution in [0.2, 0.25) is 0 Å². The molecule has 0 amide bonds. The van der Waals surface area contributed by atoms with Crippen LogP contribution in [-0.4, -0.2) is 39.8 Å². The summed E-state index contributed by atoms with van der Waals surface area (Å²) in [5.74, 6) is -1.99. The molecule has 8 heteroatoms. The first-order chi connectivity index (χ1) is 8.88. The summed E-state index contributed by atoms with van der Waals surface area (Å²) < 4.78 is 13.3. The molecule has 0 spiro atoms. The van der Waals surface area contributed by atoms with Gasteiger partial charge in [-0.2, -0.15) is 0 Å². The van der Waals surface area contributed by atoms with E-state index in [2.05, 4.69) is 0 Å². The molecular formula is C11H11FN2O5. The van der Waals surface area contributed by atoms with Gasteiger partial charge in [-0.15, -0.1) is 0 Å². The maximum atomic E-state index is 13.3. The minimum atomic E-state index is -1.16. The molecule has 102 valence electrons. The predicted molar refractivity (Wildman–Crippen MR) is 62.4 cm³/mol. The van der Waals surface area contributed by atoms with Crippen molar-refractivity contribution in [3.05, 3.63) is 34.1 Å². The van der Waals surface area contributed by atoms with Crippen LogP contribution in [-0.2, 0) is 4.79 Å². The summed E-state index contributed by atoms with van der Waals surface area (Å²) in [5, 5.41) is 29.2. The van der Waals surface area contributed by atoms with E-state index in [1.807, 2.05) is 0 Å². The van der Waals surface area contributed by atoms with Gasteiger partial charge in [0.05, 0.1) is 17.1 Å². The molecule has 1 aliphatic rings. The van der Waals surface area contributed by atoms with Crippen LogP contribution in [0.3, 0.4) is 0 Å². The Morgan fingerprint density at radius 3 is 2.74 bits per heavy atom. The molecule has 7 nitrogen and oxygen atoms in total. The number of carboxylic acid groups (broad SMARTS) is 1. The first-order valence-electron chi connectivity index (χ1n) is 5.51. The van der Waals surface area contributed by atoms with Gasteiger partial charge >= 0.3 is 5.97 Å². The Morgan fingerprint density at radius 2 is 2.16 bits per heavy atom. The molecular weight excluding hydrogens is 259 g/mol. The third-order valence-corrected chi connectivity index (χ3v) is 2.97. The average Bonchev–Trinajstić information content (AvgIpc) is 2.70. The van der Waals surface area contributed by atoms with Gasteiger partial charge in [0.2, 0.25) is 0 Å². The first kappa shape index (κ1) is 13.2. The molecule has 0 aromatic heterocycles. The van der Waals surface area contributed by atoms with Crippen LogP contribution in [0.5, 0.6) is 0 Å². The largest absolute Gasteiger partial charge is 0.480 e. The zero-order chi connectivity index (χ0) is 14.2. The Hall–Kier alpha value is -2.22. The zero-order valence-electron chi connectivity index (χ0n) is 9.69. The maximum absolute atomic E-state index is 13.3. The van der Waals surface area contributed by atoms with Crippen molar-refractivity contribution in [3.8, 4) is 0 Å². The number of carboxylic acids is 1. The lowest BCUT2D eigenvalue weighted by atomic mass is 10.2. The van der Waals surface area contributed by atoms with Gasteiger partial charge in [0.1, 0.15) is 11.9 Å². The minimum absolute atomic E-state index is 0.000353. The van der Waals surface area contributed by atoms with Crippen molar-refractivity contribution < 1.29 is 24.3 Å². The second-order valence-electron chi connectivity index (χ2n) is 4.32. The number of nitro groups is 1. The molecule has 2 rings (SSSR count). The van der Waals surface area contributed by atoms with Crippen molar-refractivity contribution in [2.75, 3.05) is 11.4 Å². The number of aliphatic carboxylic acids is 1. The smallest absolute Gasteiger partial charge is 0.326 e. The highest BCUT2D eigenvalue weighted by molar-refractivity contribution is 5.79. The molecule has 0 aliphatic carbocycles. The summed E-state index contributed by atoms with van der Waals surface area (Å²) in [6.45, 7) is -0.00241. The van der Waals surface area contributed by atoms with Crippen molar-refractivity contribution in [1.29, 1.82) is 0 Å². The first-order valence-corrected chi connectivity index (χ1v) is 5.51. The van der Waals surface area contributed by atoms with Gasteiger partial charge in [-0.3, -0.25) is 10.1 Å². The number of non-ortho nitro benzene ring substituents is 1. The molecule has 1 heterocycles. The summed E-state index contributed by atoms with van der Waals surface area (Å²) in [7, 11) is 0. The standard InChI is InChI=1S/C11H11FN2O5/c12-6-1-7(3-8(2-6)14(18)19)13-5-9(15)4-10(13)11(16)17/h1-3,9-10,15H,4-5H2,(H,16,17). The molecule has 1 aromatic rings. The van der Waals surface area contributed by atoms with E-state index in [1.165, 1.54) is 4.90 Å². The highest BCUT2D eigenvalue weighted by Gasteiger charge is 2.36. The van der Waals surface area contributed by atoms with Crippen molar-refractivity contribution in [3.63, 3.8) is 0 Å². The van der Waals surface area contributed by atoms with Crippen LogP contribution < -0.4 is 4.90 Å². The molecule has 0 saturated carbocycles. The van der Waals surface area contributed by atoms with Gasteiger partial charge in [0.25, 0.3) is 5.69 Å². The van der Waals surface area contributed by atoms with E-state index >= 15 is 0 Å². The van der Waals surface area contributed by atoms with Crippen molar-refractivity contribution >= 4 is 17.3 Å². The van der Waals surface area contributed by atoms with Crippen LogP contribution in [0.4, 0.5) is 15.8 Å². The van der Waals surface area contributed by atoms with Gasteiger partial charge in [0.15, 0.2) is 0 Å². The minimum Gasteiger partial charge on any atom is -0.480 e. The van der Waals surface area contributed by atoms with E-state index in [0.29, 0.717) is 0 Å². The molecule has 0 bridgehead atoms. The number of hydrogen-bond acceptors (Lipinski definition) is 5. The summed E-state index contributed by atoms with van der Waals surface area (Å²) in [6.07, 6.45) is -0.858. The topological polar surface area (TPSA) is 104 Å². The van der Waals surface area contributed by atoms with Crippen LogP contribution in [0.25, 0.3) is 0 Å². The molecule has 1 aliphatic heterocycles. The Bertz CT molecular complexity index is 536. The van der Waals surface area contributed by atoms with E-state index in [0.717, 1.165) is 18.2 Å². The molecule has 1 aromatic carbocycles. The van der Waals surface area contributed by atoms with Gasteiger partial charge in [0, 0.05) is 24.7 Å². The Labute approximate surface area is 107 Å². The van der Waals surface area contributed by atoms with E-state index in [-0.39, 0.29) is 18.7 Å². The van der Waals surface area contributed by atoms with E-state index in [4.69, 9.17) is 5.11 Å². The SMILES string of the molecule is O=C(O)C1CC(O)CN1c1cc(F)cc([N+](=O)[O-])c1. The highest BCUT2D eigenvalue weighted by atomic mass is 19.1. The lowest BCUT2D eigenvalue weighted by Crippen LogP contribution is -2.36. The van der Waals surface area contributed by atoms with Crippen LogP contribution in [0.1, 0.15) is 6.42 Å². The number of nitrogens with zero attached hydrogens (tertiary/aromatic N) is 2. The fraction of sp³-hybridized carbons (Fsp3) is 0.364. The number of nitro benzene ring substituents is 1. The van der Waals surface area contributed by atoms with Crippen LogP contribution in [0, 0.1) is 15.9 Å². The number of anilines is 1. The average molecular weight is 270 g/mol. The normalized spacial score (nSPS) is 22.5. The lowest BCUT2D eigenvalue weighted by Gasteiger charge is -2.23. The Balaban J connectivity index is 2.40. The number of aliphatic hydroxyl groups is 1. The monoisotopic (exact) mass is 270 g/mol. The molecule has 2 unspecified atom stereocenters. The second-order valence-corrected chi connectivity index (χ2v) is 4.32. The molecule has 1 saturated heterocycles. The number of β-amino-alcohol motifs (C(OH)–C–C–N with tert-alkyl or cyclic N) is 1. The quantitative estimate of drug-likeness (QED) is 0.620. The molecule has 0 radical (unpaired) electrons. The number of halogens is 1. The van der Waals surface area contributed by atoms with E-state index < -0.39 is 34.5 Å². The van der Waals surface area contributed by atoms with Crippen molar-refractivity contribution in [2.24, 2.45) is 0 Å². The lowest BCUT2D eigenvalue weighted by molar-refractivity contribution is -0.385. The number of hydrogen-bond donors (Lipinski definition) is 2. The highest BCUT2D eigenvalue weighted by Crippen LogP contribution is 2.29. The summed E-state index contributed by atoms with van der Waals surface area (Å²) in [5.41, 5.74) is -0.379. The predicted octanol–water partition coefficient (Wildman–Crippen LogP) is 0.758. The van der Waals surface area contributed by atoms with E-state index in [1.54, 1.807) is 0 Å². The number of aliphatic hydroxyl groups excluding tert-OH is 1. The number of benzene rings is 1. The summed E-state index contributed by atoms with van der Waals surface area (Å²) in [6, 6.07) is 1.85. The number of rotatable bonds is 3. The summed E-state index contributed by atoms with van der Waals surface area (Å²) >= 11 is 0. The van der Waals surface area contributed by atoms with Gasteiger partial charge in [-0.1, -0.05) is 0 Å². The van der Waals surface area contributed by atoms with Gasteiger partial charge in [-0.05, 0) is 6.07 Å². The Kier molecular flexibility index (Phi) is 3.34. The van der Waals surface area contributed by atoms with Gasteiger partial charge in [-0.25, -0.2) is 9.18 Å². The van der Waals surface area contributed by atoms with E-state index in [9.17, 15) is 24.4 Å². The maximum Gasteiger partial charge on any atom is 0.326 e. The van der Waals surface area contributed by atoms with Gasteiger partial charge < -0.3 is 15.1 Å². The fourth-order valence-electron chi connectivity index (χ4n) is 2.16. The Morgan fingerprint density at radius 1 is 1.47 bits per heavy atom. The third kappa shape index (κ3) is 2.63. The van der Waals surface area contributed by atoms with Crippen LogP contribution >= 0.6 is 0 Å². The number of carbonyl (C=O) groups is 1. The zero-order valence-corrected chi connectivity index (χ0v) is 9.69. The summed E-state index contributed by atoms with van der Waals surface area (Å²) in [4.78, 5) is 22.2. The molecule has 2 N–H and O–H groups in total. The van der Waals surface area contributed by atoms with Crippen molar-refractivity contribution in [1.82, 2.24) is 0 Å². The molecule has 1 fully saturated rings. The van der Waals surface area contributed by atoms with Crippen molar-refractivity contribution in [2.45, 2.75) is 18.6 Å². The molecule has 2 atom stereocenters. The molecule has 19 heavy (non-hydrogen) atoms. The fourth-order valence-corrected chi connectivity index (χ4v) is 2.16. The second kappa shape index (κ2) is 4.81. The van der Waals surface area contributed by atoms with Crippen LogP contribution in [0.15, 0.2) is 18.2 Å².